The van der Waals surface area contributed by atoms with Gasteiger partial charge in [-0.05, 0) is 67.5 Å². The summed E-state index contributed by atoms with van der Waals surface area (Å²) in [6.07, 6.45) is 1.77. The van der Waals surface area contributed by atoms with Gasteiger partial charge in [0.1, 0.15) is 11.5 Å². The van der Waals surface area contributed by atoms with E-state index in [0.29, 0.717) is 19.3 Å². The first-order valence-corrected chi connectivity index (χ1v) is 10.2. The van der Waals surface area contributed by atoms with Crippen molar-refractivity contribution in [3.63, 3.8) is 0 Å². The predicted octanol–water partition coefficient (Wildman–Crippen LogP) is 3.14. The number of aliphatic carboxylic acids is 2. The number of ether oxygens (including phenoxy) is 2. The molecule has 0 radical (unpaired) electrons. The highest BCUT2D eigenvalue weighted by atomic mass is 16.5. The van der Waals surface area contributed by atoms with Gasteiger partial charge >= 0.3 is 11.9 Å². The van der Waals surface area contributed by atoms with E-state index < -0.39 is 23.8 Å². The highest BCUT2D eigenvalue weighted by molar-refractivity contribution is 6.32. The first kappa shape index (κ1) is 26.6. The van der Waals surface area contributed by atoms with Crippen molar-refractivity contribution in [1.82, 2.24) is 0 Å². The molecule has 0 unspecified atom stereocenters. The molecule has 8 nitrogen and oxygen atoms in total. The van der Waals surface area contributed by atoms with E-state index in [9.17, 15) is 14.4 Å². The first-order chi connectivity index (χ1) is 15.3. The van der Waals surface area contributed by atoms with Crippen LogP contribution in [0.1, 0.15) is 36.8 Å². The van der Waals surface area contributed by atoms with Gasteiger partial charge in [0.2, 0.25) is 5.78 Å². The van der Waals surface area contributed by atoms with E-state index >= 15 is 0 Å². The second kappa shape index (κ2) is 14.6. The van der Waals surface area contributed by atoms with Crippen molar-refractivity contribution in [1.29, 1.82) is 0 Å². The summed E-state index contributed by atoms with van der Waals surface area (Å²) in [5, 5.41) is 25.9. The normalized spacial score (nSPS) is 11.0. The van der Waals surface area contributed by atoms with E-state index in [1.165, 1.54) is 0 Å². The van der Waals surface area contributed by atoms with Gasteiger partial charge < -0.3 is 24.8 Å². The standard InChI is InChI=1S/C12H16O4.C12H14O4/c2*1-16-10-7-5-9(6-8-10)3-2-4-11(13)12(14)15/h5-8,11,13H,2-4H2,1H3,(H,14,15);5-8H,2-4H2,1H3,(H,14,15)/t11-;/m1./s1. The van der Waals surface area contributed by atoms with Crippen LogP contribution in [0.5, 0.6) is 11.5 Å². The van der Waals surface area contributed by atoms with Crippen LogP contribution in [-0.4, -0.2) is 53.4 Å². The van der Waals surface area contributed by atoms with Gasteiger partial charge in [-0.25, -0.2) is 9.59 Å². The number of aryl methyl sites for hydroxylation is 2. The van der Waals surface area contributed by atoms with Gasteiger partial charge in [-0.1, -0.05) is 24.3 Å². The fraction of sp³-hybridized carbons (Fsp3) is 0.375. The van der Waals surface area contributed by atoms with Crippen LogP contribution in [-0.2, 0) is 27.2 Å². The molecular weight excluding hydrogens is 416 g/mol. The quantitative estimate of drug-likeness (QED) is 0.424. The number of aliphatic hydroxyl groups is 1. The van der Waals surface area contributed by atoms with E-state index in [1.54, 1.807) is 14.2 Å². The lowest BCUT2D eigenvalue weighted by molar-refractivity contribution is -0.149. The van der Waals surface area contributed by atoms with Crippen LogP contribution < -0.4 is 9.47 Å². The zero-order valence-corrected chi connectivity index (χ0v) is 18.3. The van der Waals surface area contributed by atoms with Gasteiger partial charge in [-0.2, -0.15) is 0 Å². The van der Waals surface area contributed by atoms with Crippen LogP contribution in [0.4, 0.5) is 0 Å². The van der Waals surface area contributed by atoms with E-state index in [1.807, 2.05) is 48.5 Å². The molecule has 0 fully saturated rings. The summed E-state index contributed by atoms with van der Waals surface area (Å²) in [7, 11) is 3.21. The van der Waals surface area contributed by atoms with Crippen LogP contribution in [0.15, 0.2) is 48.5 Å². The van der Waals surface area contributed by atoms with Gasteiger partial charge in [0.25, 0.3) is 0 Å². The van der Waals surface area contributed by atoms with Gasteiger partial charge in [0.15, 0.2) is 6.10 Å². The number of Topliss-reactive ketones (excluding diaryl/α,β-unsaturated/α-hetero) is 1. The number of benzene rings is 2. The summed E-state index contributed by atoms with van der Waals surface area (Å²) in [5.41, 5.74) is 2.18. The first-order valence-electron chi connectivity index (χ1n) is 10.2. The van der Waals surface area contributed by atoms with Crippen molar-refractivity contribution in [2.75, 3.05) is 14.2 Å². The van der Waals surface area contributed by atoms with Crippen molar-refractivity contribution >= 4 is 17.7 Å². The molecule has 32 heavy (non-hydrogen) atoms. The van der Waals surface area contributed by atoms with Crippen molar-refractivity contribution in [2.24, 2.45) is 0 Å². The van der Waals surface area contributed by atoms with E-state index in [4.69, 9.17) is 24.8 Å². The summed E-state index contributed by atoms with van der Waals surface area (Å²) in [5.74, 6) is -1.65. The molecule has 0 aliphatic rings. The van der Waals surface area contributed by atoms with Crippen LogP contribution in [0.25, 0.3) is 0 Å². The molecule has 0 saturated heterocycles. The molecule has 0 bridgehead atoms. The maximum atomic E-state index is 10.8. The summed E-state index contributed by atoms with van der Waals surface area (Å²) in [4.78, 5) is 31.4. The molecule has 174 valence electrons. The average Bonchev–Trinajstić information content (AvgIpc) is 2.80. The van der Waals surface area contributed by atoms with Crippen LogP contribution in [0.2, 0.25) is 0 Å². The molecule has 0 saturated carbocycles. The van der Waals surface area contributed by atoms with E-state index in [-0.39, 0.29) is 12.8 Å². The minimum atomic E-state index is -1.35. The fourth-order valence-corrected chi connectivity index (χ4v) is 2.77. The molecule has 8 heteroatoms. The smallest absolute Gasteiger partial charge is 0.372 e. The van der Waals surface area contributed by atoms with Gasteiger partial charge in [0, 0.05) is 6.42 Å². The molecular formula is C24H30O8. The number of carboxylic acids is 2. The molecule has 0 aromatic heterocycles. The number of hydrogen-bond acceptors (Lipinski definition) is 6. The largest absolute Gasteiger partial charge is 0.497 e. The summed E-state index contributed by atoms with van der Waals surface area (Å²) in [6, 6.07) is 15.1. The van der Waals surface area contributed by atoms with Gasteiger partial charge in [0.05, 0.1) is 14.2 Å². The molecule has 0 aliphatic carbocycles. The lowest BCUT2D eigenvalue weighted by Crippen LogP contribution is -2.19. The Morgan fingerprint density at radius 1 is 0.781 bits per heavy atom. The summed E-state index contributed by atoms with van der Waals surface area (Å²) >= 11 is 0. The third-order valence-corrected chi connectivity index (χ3v) is 4.65. The molecule has 0 aliphatic heterocycles. The predicted molar refractivity (Wildman–Crippen MR) is 118 cm³/mol. The van der Waals surface area contributed by atoms with Crippen molar-refractivity contribution in [3.05, 3.63) is 59.7 Å². The molecule has 2 rings (SSSR count). The minimum absolute atomic E-state index is 0.0847. The zero-order valence-electron chi connectivity index (χ0n) is 18.3. The number of ketones is 1. The van der Waals surface area contributed by atoms with Crippen LogP contribution >= 0.6 is 0 Å². The Balaban J connectivity index is 0.000000320. The third kappa shape index (κ3) is 10.6. The van der Waals surface area contributed by atoms with Crippen LogP contribution in [0.3, 0.4) is 0 Å². The van der Waals surface area contributed by atoms with E-state index in [2.05, 4.69) is 0 Å². The summed E-state index contributed by atoms with van der Waals surface area (Å²) < 4.78 is 10.0. The number of rotatable bonds is 12. The Morgan fingerprint density at radius 3 is 1.59 bits per heavy atom. The molecule has 2 aromatic rings. The Kier molecular flexibility index (Phi) is 12.1. The monoisotopic (exact) mass is 446 g/mol. The third-order valence-electron chi connectivity index (χ3n) is 4.65. The second-order valence-electron chi connectivity index (χ2n) is 7.02. The maximum Gasteiger partial charge on any atom is 0.372 e. The number of hydrogen-bond donors (Lipinski definition) is 3. The minimum Gasteiger partial charge on any atom is -0.497 e. The second-order valence-corrected chi connectivity index (χ2v) is 7.02. The van der Waals surface area contributed by atoms with Crippen molar-refractivity contribution in [3.8, 4) is 11.5 Å². The molecule has 0 heterocycles. The SMILES string of the molecule is COc1ccc(CCCC(=O)C(=O)O)cc1.COc1ccc(CCC[C@@H](O)C(=O)O)cc1. The summed E-state index contributed by atoms with van der Waals surface area (Å²) in [6.45, 7) is 0. The average molecular weight is 446 g/mol. The van der Waals surface area contributed by atoms with Crippen LogP contribution in [0, 0.1) is 0 Å². The highest BCUT2D eigenvalue weighted by Gasteiger charge is 2.12. The molecule has 0 spiro atoms. The molecule has 3 N–H and O–H groups in total. The number of aliphatic hydroxyl groups excluding tert-OH is 1. The van der Waals surface area contributed by atoms with Gasteiger partial charge in [-0.15, -0.1) is 0 Å². The maximum absolute atomic E-state index is 10.8. The number of carboxylic acid groups (broad SMARTS) is 2. The number of methoxy groups -OCH3 is 2. The zero-order chi connectivity index (χ0) is 23.9. The number of carbonyl (C=O) groups excluding carboxylic acids is 1. The molecule has 1 atom stereocenters. The lowest BCUT2D eigenvalue weighted by atomic mass is 10.1. The van der Waals surface area contributed by atoms with Gasteiger partial charge in [-0.3, -0.25) is 4.79 Å². The Hall–Kier alpha value is -3.39. The number of carbonyl (C=O) groups is 3. The topological polar surface area (TPSA) is 130 Å². The van der Waals surface area contributed by atoms with Crippen molar-refractivity contribution in [2.45, 2.75) is 44.6 Å². The Morgan fingerprint density at radius 2 is 1.22 bits per heavy atom. The molecule has 2 aromatic carbocycles. The lowest BCUT2D eigenvalue weighted by Gasteiger charge is -2.05. The van der Waals surface area contributed by atoms with Crippen molar-refractivity contribution < 1.29 is 39.2 Å². The Bertz CT molecular complexity index is 843. The highest BCUT2D eigenvalue weighted by Crippen LogP contribution is 2.14. The Labute approximate surface area is 187 Å². The molecule has 0 amide bonds. The van der Waals surface area contributed by atoms with E-state index in [0.717, 1.165) is 29.0 Å². The fourth-order valence-electron chi connectivity index (χ4n) is 2.77.